The summed E-state index contributed by atoms with van der Waals surface area (Å²) in [5.41, 5.74) is 2.57. The van der Waals surface area contributed by atoms with Crippen molar-refractivity contribution in [3.8, 4) is 5.75 Å². The number of para-hydroxylation sites is 1. The van der Waals surface area contributed by atoms with E-state index in [9.17, 15) is 4.79 Å². The van der Waals surface area contributed by atoms with Crippen LogP contribution in [-0.2, 0) is 4.79 Å². The molecule has 0 aliphatic rings. The highest BCUT2D eigenvalue weighted by Crippen LogP contribution is 2.26. The van der Waals surface area contributed by atoms with E-state index in [2.05, 4.69) is 21.2 Å². The minimum atomic E-state index is -0.248. The molecule has 2 rings (SSSR count). The standard InChI is InChI=1S/C16H15BrClNO2/c1-10-4-3-5-11(2)16(10)21-9-15(20)19-14-7-6-12(17)8-13(14)18/h3-8H,9H2,1-2H3,(H,19,20). The maximum Gasteiger partial charge on any atom is 0.262 e. The Morgan fingerprint density at radius 3 is 2.52 bits per heavy atom. The SMILES string of the molecule is Cc1cccc(C)c1OCC(=O)Nc1ccc(Br)cc1Cl. The van der Waals surface area contributed by atoms with Crippen LogP contribution in [0.4, 0.5) is 5.69 Å². The number of anilines is 1. The summed E-state index contributed by atoms with van der Waals surface area (Å²) in [5.74, 6) is 0.497. The monoisotopic (exact) mass is 367 g/mol. The molecule has 110 valence electrons. The molecule has 1 amide bonds. The lowest BCUT2D eigenvalue weighted by atomic mass is 10.1. The van der Waals surface area contributed by atoms with Gasteiger partial charge in [0.05, 0.1) is 10.7 Å². The number of carbonyl (C=O) groups is 1. The molecular weight excluding hydrogens is 354 g/mol. The van der Waals surface area contributed by atoms with Gasteiger partial charge in [-0.3, -0.25) is 4.79 Å². The second-order valence-electron chi connectivity index (χ2n) is 4.68. The maximum absolute atomic E-state index is 11.9. The van der Waals surface area contributed by atoms with Crippen LogP contribution in [0.1, 0.15) is 11.1 Å². The number of hydrogen-bond acceptors (Lipinski definition) is 2. The molecule has 0 aliphatic carbocycles. The molecule has 2 aromatic rings. The Balaban J connectivity index is 1.99. The van der Waals surface area contributed by atoms with Crippen LogP contribution in [0.25, 0.3) is 0 Å². The number of amides is 1. The summed E-state index contributed by atoms with van der Waals surface area (Å²) in [4.78, 5) is 11.9. The average Bonchev–Trinajstić information content (AvgIpc) is 2.41. The van der Waals surface area contributed by atoms with Gasteiger partial charge in [0, 0.05) is 4.47 Å². The van der Waals surface area contributed by atoms with Crippen LogP contribution in [0.2, 0.25) is 5.02 Å². The van der Waals surface area contributed by atoms with Crippen LogP contribution in [0.15, 0.2) is 40.9 Å². The molecule has 3 nitrogen and oxygen atoms in total. The zero-order chi connectivity index (χ0) is 15.4. The number of ether oxygens (including phenoxy) is 1. The first-order chi connectivity index (χ1) is 9.97. The van der Waals surface area contributed by atoms with E-state index in [0.29, 0.717) is 10.7 Å². The number of halogens is 2. The van der Waals surface area contributed by atoms with E-state index in [1.54, 1.807) is 12.1 Å². The van der Waals surface area contributed by atoms with Gasteiger partial charge in [-0.25, -0.2) is 0 Å². The first-order valence-electron chi connectivity index (χ1n) is 6.41. The highest BCUT2D eigenvalue weighted by atomic mass is 79.9. The second-order valence-corrected chi connectivity index (χ2v) is 6.00. The fraction of sp³-hybridized carbons (Fsp3) is 0.188. The van der Waals surface area contributed by atoms with Crippen molar-refractivity contribution in [1.82, 2.24) is 0 Å². The van der Waals surface area contributed by atoms with Crippen LogP contribution in [-0.4, -0.2) is 12.5 Å². The minimum absolute atomic E-state index is 0.0575. The molecule has 0 bridgehead atoms. The van der Waals surface area contributed by atoms with Crippen LogP contribution >= 0.6 is 27.5 Å². The Labute approximate surface area is 137 Å². The summed E-state index contributed by atoms with van der Waals surface area (Å²) >= 11 is 9.37. The molecule has 0 atom stereocenters. The van der Waals surface area contributed by atoms with Crippen LogP contribution in [0.5, 0.6) is 5.75 Å². The van der Waals surface area contributed by atoms with E-state index in [1.165, 1.54) is 0 Å². The third-order valence-electron chi connectivity index (χ3n) is 2.96. The molecule has 0 aromatic heterocycles. The van der Waals surface area contributed by atoms with Crippen molar-refractivity contribution in [2.75, 3.05) is 11.9 Å². The number of nitrogens with one attached hydrogen (secondary N) is 1. The van der Waals surface area contributed by atoms with Crippen LogP contribution < -0.4 is 10.1 Å². The van der Waals surface area contributed by atoms with Gasteiger partial charge in [0.2, 0.25) is 0 Å². The third kappa shape index (κ3) is 4.22. The third-order valence-corrected chi connectivity index (χ3v) is 3.77. The quantitative estimate of drug-likeness (QED) is 0.846. The van der Waals surface area contributed by atoms with E-state index in [-0.39, 0.29) is 12.5 Å². The van der Waals surface area contributed by atoms with Crippen molar-refractivity contribution >= 4 is 39.1 Å². The molecule has 2 aromatic carbocycles. The van der Waals surface area contributed by atoms with Crippen molar-refractivity contribution < 1.29 is 9.53 Å². The van der Waals surface area contributed by atoms with Gasteiger partial charge < -0.3 is 10.1 Å². The van der Waals surface area contributed by atoms with Gasteiger partial charge in [-0.1, -0.05) is 45.7 Å². The number of rotatable bonds is 4. The summed E-state index contributed by atoms with van der Waals surface area (Å²) in [6.07, 6.45) is 0. The Bertz CT molecular complexity index is 653. The topological polar surface area (TPSA) is 38.3 Å². The Morgan fingerprint density at radius 2 is 1.90 bits per heavy atom. The molecule has 0 aliphatic heterocycles. The molecule has 0 unspecified atom stereocenters. The highest BCUT2D eigenvalue weighted by molar-refractivity contribution is 9.10. The molecule has 1 N–H and O–H groups in total. The summed E-state index contributed by atoms with van der Waals surface area (Å²) in [5, 5.41) is 3.21. The average molecular weight is 369 g/mol. The van der Waals surface area contributed by atoms with Crippen molar-refractivity contribution in [2.24, 2.45) is 0 Å². The molecule has 0 saturated heterocycles. The Hall–Kier alpha value is -1.52. The van der Waals surface area contributed by atoms with Gasteiger partial charge in [0.25, 0.3) is 5.91 Å². The van der Waals surface area contributed by atoms with Gasteiger partial charge in [-0.2, -0.15) is 0 Å². The summed E-state index contributed by atoms with van der Waals surface area (Å²) in [7, 11) is 0. The minimum Gasteiger partial charge on any atom is -0.483 e. The smallest absolute Gasteiger partial charge is 0.262 e. The number of hydrogen-bond donors (Lipinski definition) is 1. The lowest BCUT2D eigenvalue weighted by Crippen LogP contribution is -2.20. The van der Waals surface area contributed by atoms with E-state index in [4.69, 9.17) is 16.3 Å². The fourth-order valence-electron chi connectivity index (χ4n) is 1.94. The van der Waals surface area contributed by atoms with E-state index in [0.717, 1.165) is 21.3 Å². The van der Waals surface area contributed by atoms with Gasteiger partial charge in [0.15, 0.2) is 6.61 Å². The van der Waals surface area contributed by atoms with Crippen molar-refractivity contribution in [1.29, 1.82) is 0 Å². The van der Waals surface area contributed by atoms with Crippen LogP contribution in [0.3, 0.4) is 0 Å². The summed E-state index contributed by atoms with van der Waals surface area (Å²) in [6.45, 7) is 3.84. The van der Waals surface area contributed by atoms with Crippen molar-refractivity contribution in [3.63, 3.8) is 0 Å². The van der Waals surface area contributed by atoms with E-state index < -0.39 is 0 Å². The predicted octanol–water partition coefficient (Wildman–Crippen LogP) is 4.74. The number of benzene rings is 2. The first-order valence-corrected chi connectivity index (χ1v) is 7.58. The van der Waals surface area contributed by atoms with Gasteiger partial charge in [0.1, 0.15) is 5.75 Å². The molecule has 21 heavy (non-hydrogen) atoms. The fourth-order valence-corrected chi connectivity index (χ4v) is 2.66. The van der Waals surface area contributed by atoms with E-state index in [1.807, 2.05) is 38.1 Å². The maximum atomic E-state index is 11.9. The lowest BCUT2D eigenvalue weighted by molar-refractivity contribution is -0.118. The zero-order valence-corrected chi connectivity index (χ0v) is 14.1. The predicted molar refractivity (Wildman–Crippen MR) is 89.2 cm³/mol. The lowest BCUT2D eigenvalue weighted by Gasteiger charge is -2.12. The molecule has 0 fully saturated rings. The van der Waals surface area contributed by atoms with Crippen molar-refractivity contribution in [3.05, 3.63) is 57.0 Å². The molecule has 0 heterocycles. The number of aryl methyl sites for hydroxylation is 2. The molecule has 5 heteroatoms. The second kappa shape index (κ2) is 6.96. The van der Waals surface area contributed by atoms with Crippen LogP contribution in [0, 0.1) is 13.8 Å². The highest BCUT2D eigenvalue weighted by Gasteiger charge is 2.09. The first kappa shape index (κ1) is 15.9. The molecule has 0 spiro atoms. The number of carbonyl (C=O) groups excluding carboxylic acids is 1. The Kier molecular flexibility index (Phi) is 5.26. The van der Waals surface area contributed by atoms with Gasteiger partial charge in [-0.15, -0.1) is 0 Å². The van der Waals surface area contributed by atoms with Gasteiger partial charge in [-0.05, 0) is 43.2 Å². The normalized spacial score (nSPS) is 10.3. The summed E-state index contributed by atoms with van der Waals surface area (Å²) < 4.78 is 6.46. The van der Waals surface area contributed by atoms with Gasteiger partial charge >= 0.3 is 0 Å². The molecular formula is C16H15BrClNO2. The van der Waals surface area contributed by atoms with E-state index >= 15 is 0 Å². The largest absolute Gasteiger partial charge is 0.483 e. The molecule has 0 saturated carbocycles. The summed E-state index contributed by atoms with van der Waals surface area (Å²) in [6, 6.07) is 11.1. The zero-order valence-electron chi connectivity index (χ0n) is 11.7. The Morgan fingerprint density at radius 1 is 1.24 bits per heavy atom. The molecule has 0 radical (unpaired) electrons. The van der Waals surface area contributed by atoms with Crippen molar-refractivity contribution in [2.45, 2.75) is 13.8 Å².